The van der Waals surface area contributed by atoms with Crippen molar-refractivity contribution in [1.29, 1.82) is 0 Å². The molecule has 1 aliphatic rings. The number of allylic oxidation sites excluding steroid dienone is 4. The molecule has 0 spiro atoms. The molecule has 0 aliphatic heterocycles. The van der Waals surface area contributed by atoms with Gasteiger partial charge in [0.2, 0.25) is 0 Å². The molecular formula is C15H15Cl2OTi-. The Kier molecular flexibility index (Phi) is 12.1. The van der Waals surface area contributed by atoms with Crippen LogP contribution >= 0.6 is 24.8 Å². The largest absolute Gasteiger partial charge is 0.507 e. The average Bonchev–Trinajstić information content (AvgIpc) is 2.88. The minimum Gasteiger partial charge on any atom is -0.507 e. The van der Waals surface area contributed by atoms with E-state index in [1.807, 2.05) is 48.6 Å². The molecule has 100 valence electrons. The summed E-state index contributed by atoms with van der Waals surface area (Å²) in [5.74, 6) is 0.350. The standard InChI is InChI=1S/C10H8O.C5H5.2ClH.Ti/c11-10-7-3-5-8-4-1-2-6-9(8)10;1-2-4-5-3-1;;;/h1-7,11H;1-3H,4H2;2*1H;/q;-1;;;. The predicted molar refractivity (Wildman–Crippen MR) is 81.7 cm³/mol. The fourth-order valence-electron chi connectivity index (χ4n) is 1.55. The van der Waals surface area contributed by atoms with Crippen molar-refractivity contribution >= 4 is 35.6 Å². The minimum atomic E-state index is 0. The molecule has 1 N–H and O–H groups in total. The molecule has 3 rings (SSSR count). The van der Waals surface area contributed by atoms with Crippen LogP contribution in [0.1, 0.15) is 6.42 Å². The number of phenols is 1. The first-order valence-electron chi connectivity index (χ1n) is 5.26. The smallest absolute Gasteiger partial charge is 0.123 e. The number of rotatable bonds is 0. The molecule has 0 unspecified atom stereocenters. The van der Waals surface area contributed by atoms with E-state index in [9.17, 15) is 5.11 Å². The van der Waals surface area contributed by atoms with Crippen molar-refractivity contribution in [1.82, 2.24) is 0 Å². The van der Waals surface area contributed by atoms with E-state index in [1.165, 1.54) is 0 Å². The first-order valence-corrected chi connectivity index (χ1v) is 5.26. The van der Waals surface area contributed by atoms with Gasteiger partial charge >= 0.3 is 0 Å². The molecule has 0 heterocycles. The molecule has 0 saturated heterocycles. The van der Waals surface area contributed by atoms with Crippen molar-refractivity contribution in [3.63, 3.8) is 0 Å². The number of phenolic OH excluding ortho intramolecular Hbond substituents is 1. The summed E-state index contributed by atoms with van der Waals surface area (Å²) in [6.07, 6.45) is 10.0. The van der Waals surface area contributed by atoms with Gasteiger partial charge in [0, 0.05) is 27.1 Å². The van der Waals surface area contributed by atoms with Gasteiger partial charge in [-0.1, -0.05) is 36.4 Å². The van der Waals surface area contributed by atoms with E-state index in [0.717, 1.165) is 17.2 Å². The van der Waals surface area contributed by atoms with E-state index in [-0.39, 0.29) is 46.5 Å². The summed E-state index contributed by atoms with van der Waals surface area (Å²) in [5.41, 5.74) is 0. The van der Waals surface area contributed by atoms with Gasteiger partial charge in [0.25, 0.3) is 0 Å². The third-order valence-electron chi connectivity index (χ3n) is 2.35. The van der Waals surface area contributed by atoms with E-state index < -0.39 is 0 Å². The molecule has 0 saturated carbocycles. The maximum Gasteiger partial charge on any atom is 0.123 e. The van der Waals surface area contributed by atoms with Crippen molar-refractivity contribution in [3.05, 3.63) is 66.8 Å². The third kappa shape index (κ3) is 6.31. The zero-order valence-electron chi connectivity index (χ0n) is 10.2. The zero-order chi connectivity index (χ0) is 11.2. The van der Waals surface area contributed by atoms with Crippen LogP contribution in [0.5, 0.6) is 5.75 Å². The molecule has 0 bridgehead atoms. The maximum absolute atomic E-state index is 9.37. The summed E-state index contributed by atoms with van der Waals surface area (Å²) in [4.78, 5) is 0. The number of aromatic hydroxyl groups is 1. The Morgan fingerprint density at radius 3 is 2.16 bits per heavy atom. The molecule has 4 heteroatoms. The number of fused-ring (bicyclic) bond motifs is 1. The van der Waals surface area contributed by atoms with Gasteiger partial charge in [-0.05, 0) is 11.5 Å². The minimum absolute atomic E-state index is 0. The normalized spacial score (nSPS) is 10.5. The molecule has 0 amide bonds. The summed E-state index contributed by atoms with van der Waals surface area (Å²) < 4.78 is 0. The van der Waals surface area contributed by atoms with E-state index in [0.29, 0.717) is 5.75 Å². The van der Waals surface area contributed by atoms with Gasteiger partial charge in [-0.2, -0.15) is 6.08 Å². The van der Waals surface area contributed by atoms with Crippen LogP contribution in [0.2, 0.25) is 0 Å². The van der Waals surface area contributed by atoms with E-state index in [4.69, 9.17) is 0 Å². The molecule has 0 atom stereocenters. The fraction of sp³-hybridized carbons (Fsp3) is 0.0667. The monoisotopic (exact) mass is 329 g/mol. The maximum atomic E-state index is 9.37. The second kappa shape index (κ2) is 11.1. The van der Waals surface area contributed by atoms with Crippen LogP contribution < -0.4 is 0 Å². The molecule has 2 aromatic carbocycles. The zero-order valence-corrected chi connectivity index (χ0v) is 13.4. The Balaban J connectivity index is 0. The Morgan fingerprint density at radius 1 is 0.947 bits per heavy atom. The van der Waals surface area contributed by atoms with Gasteiger partial charge < -0.3 is 5.11 Å². The van der Waals surface area contributed by atoms with Crippen LogP contribution in [-0.4, -0.2) is 5.11 Å². The van der Waals surface area contributed by atoms with E-state index >= 15 is 0 Å². The molecule has 0 fully saturated rings. The van der Waals surface area contributed by atoms with Crippen molar-refractivity contribution in [2.24, 2.45) is 0 Å². The molecule has 19 heavy (non-hydrogen) atoms. The van der Waals surface area contributed by atoms with Crippen molar-refractivity contribution in [3.8, 4) is 5.75 Å². The van der Waals surface area contributed by atoms with Crippen molar-refractivity contribution in [2.75, 3.05) is 0 Å². The first-order chi connectivity index (χ1) is 7.88. The van der Waals surface area contributed by atoms with Crippen LogP contribution in [0.15, 0.2) is 60.7 Å². The molecular weight excluding hydrogens is 315 g/mol. The second-order valence-corrected chi connectivity index (χ2v) is 3.50. The molecule has 1 aliphatic carbocycles. The van der Waals surface area contributed by atoms with Gasteiger partial charge in [-0.25, -0.2) is 12.2 Å². The SMILES string of the molecule is Cl.Cl.Oc1cccc2ccccc12.[C-]1=CC=CC1.[Ti]. The summed E-state index contributed by atoms with van der Waals surface area (Å²) in [5, 5.41) is 11.4. The molecule has 1 nitrogen and oxygen atoms in total. The van der Waals surface area contributed by atoms with Crippen molar-refractivity contribution in [2.45, 2.75) is 6.42 Å². The van der Waals surface area contributed by atoms with Crippen LogP contribution in [0.4, 0.5) is 0 Å². The van der Waals surface area contributed by atoms with Gasteiger partial charge in [0.15, 0.2) is 0 Å². The van der Waals surface area contributed by atoms with Gasteiger partial charge in [-0.15, -0.1) is 31.2 Å². The number of halogens is 2. The van der Waals surface area contributed by atoms with Gasteiger partial charge in [-0.3, -0.25) is 6.08 Å². The second-order valence-electron chi connectivity index (χ2n) is 3.50. The first kappa shape index (κ1) is 20.6. The van der Waals surface area contributed by atoms with E-state index in [2.05, 4.69) is 12.2 Å². The summed E-state index contributed by atoms with van der Waals surface area (Å²) in [7, 11) is 0. The summed E-state index contributed by atoms with van der Waals surface area (Å²) in [6, 6.07) is 13.3. The Morgan fingerprint density at radius 2 is 1.63 bits per heavy atom. The summed E-state index contributed by atoms with van der Waals surface area (Å²) >= 11 is 0. The van der Waals surface area contributed by atoms with Gasteiger partial charge in [0.1, 0.15) is 5.75 Å². The predicted octanol–water partition coefficient (Wildman–Crippen LogP) is 4.69. The summed E-state index contributed by atoms with van der Waals surface area (Å²) in [6.45, 7) is 0. The van der Waals surface area contributed by atoms with Crippen LogP contribution in [0.3, 0.4) is 0 Å². The Labute approximate surface area is 141 Å². The van der Waals surface area contributed by atoms with Crippen LogP contribution in [-0.2, 0) is 21.7 Å². The van der Waals surface area contributed by atoms with E-state index in [1.54, 1.807) is 6.07 Å². The fourth-order valence-corrected chi connectivity index (χ4v) is 1.55. The molecule has 2 aromatic rings. The average molecular weight is 330 g/mol. The molecule has 0 radical (unpaired) electrons. The molecule has 0 aromatic heterocycles. The number of hydrogen-bond acceptors (Lipinski definition) is 1. The number of benzene rings is 2. The number of hydrogen-bond donors (Lipinski definition) is 1. The topological polar surface area (TPSA) is 20.2 Å². The van der Waals surface area contributed by atoms with Crippen molar-refractivity contribution < 1.29 is 26.8 Å². The quantitative estimate of drug-likeness (QED) is 0.549. The van der Waals surface area contributed by atoms with Gasteiger partial charge in [0.05, 0.1) is 0 Å². The van der Waals surface area contributed by atoms with Crippen LogP contribution in [0.25, 0.3) is 10.8 Å². The third-order valence-corrected chi connectivity index (χ3v) is 2.35. The Hall–Kier alpha value is -0.726. The van der Waals surface area contributed by atoms with Crippen LogP contribution in [0, 0.1) is 6.08 Å². The Bertz CT molecular complexity index is 523.